The van der Waals surface area contributed by atoms with Gasteiger partial charge in [-0.3, -0.25) is 0 Å². The molecule has 0 radical (unpaired) electrons. The van der Waals surface area contributed by atoms with E-state index in [1.807, 2.05) is 0 Å². The van der Waals surface area contributed by atoms with Crippen LogP contribution in [0.1, 0.15) is 66.2 Å². The van der Waals surface area contributed by atoms with Gasteiger partial charge in [0.05, 0.1) is 0 Å². The first-order valence-corrected chi connectivity index (χ1v) is 7.68. The van der Waals surface area contributed by atoms with Gasteiger partial charge in [-0.2, -0.15) is 0 Å². The van der Waals surface area contributed by atoms with E-state index < -0.39 is 0 Å². The van der Waals surface area contributed by atoms with E-state index >= 15 is 0 Å². The summed E-state index contributed by atoms with van der Waals surface area (Å²) in [5, 5.41) is 13.3. The third kappa shape index (κ3) is 3.48. The zero-order valence-corrected chi connectivity index (χ0v) is 12.6. The second kappa shape index (κ2) is 5.13. The number of hydrogen-bond acceptors (Lipinski definition) is 2. The van der Waals surface area contributed by atoms with Crippen LogP contribution < -0.4 is 5.32 Å². The van der Waals surface area contributed by atoms with E-state index in [0.29, 0.717) is 35.4 Å². The lowest BCUT2D eigenvalue weighted by atomic mass is 9.63. The van der Waals surface area contributed by atoms with Crippen LogP contribution in [0.5, 0.6) is 0 Å². The smallest absolute Gasteiger partial charge is 0.0474 e. The zero-order chi connectivity index (χ0) is 13.4. The van der Waals surface area contributed by atoms with Crippen LogP contribution in [0.4, 0.5) is 0 Å². The first-order valence-electron chi connectivity index (χ1n) is 7.68. The summed E-state index contributed by atoms with van der Waals surface area (Å²) in [5.41, 5.74) is 0.902. The fourth-order valence-corrected chi connectivity index (χ4v) is 4.74. The lowest BCUT2D eigenvalue weighted by Gasteiger charge is -2.46. The molecule has 2 unspecified atom stereocenters. The van der Waals surface area contributed by atoms with Crippen LogP contribution in [0.15, 0.2) is 0 Å². The minimum Gasteiger partial charge on any atom is -0.396 e. The van der Waals surface area contributed by atoms with Gasteiger partial charge in [0.15, 0.2) is 0 Å². The number of hydrogen-bond donors (Lipinski definition) is 2. The molecule has 2 aliphatic rings. The highest BCUT2D eigenvalue weighted by Gasteiger charge is 2.40. The van der Waals surface area contributed by atoms with Gasteiger partial charge in [-0.25, -0.2) is 0 Å². The van der Waals surface area contributed by atoms with Crippen molar-refractivity contribution in [3.05, 3.63) is 0 Å². The SMILES string of the molecule is CC1(C)CC(NC2CCCC2CO)CC(C)(C)C1. The number of aliphatic hydroxyl groups excluding tert-OH is 1. The van der Waals surface area contributed by atoms with Crippen molar-refractivity contribution in [3.63, 3.8) is 0 Å². The van der Waals surface area contributed by atoms with Crippen LogP contribution in [0.2, 0.25) is 0 Å². The van der Waals surface area contributed by atoms with Crippen molar-refractivity contribution in [1.82, 2.24) is 5.32 Å². The molecular formula is C16H31NO. The van der Waals surface area contributed by atoms with Crippen molar-refractivity contribution in [2.75, 3.05) is 6.61 Å². The molecule has 0 aromatic heterocycles. The van der Waals surface area contributed by atoms with Gasteiger partial charge in [0, 0.05) is 18.7 Å². The minimum absolute atomic E-state index is 0.358. The fourth-order valence-electron chi connectivity index (χ4n) is 4.74. The molecular weight excluding hydrogens is 222 g/mol. The highest BCUT2D eigenvalue weighted by molar-refractivity contribution is 4.95. The standard InChI is InChI=1S/C16H31NO/c1-15(2)8-13(9-16(3,4)11-15)17-14-7-5-6-12(14)10-18/h12-14,17-18H,5-11H2,1-4H3. The van der Waals surface area contributed by atoms with Gasteiger partial charge in [0.25, 0.3) is 0 Å². The van der Waals surface area contributed by atoms with Crippen molar-refractivity contribution in [1.29, 1.82) is 0 Å². The summed E-state index contributed by atoms with van der Waals surface area (Å²) < 4.78 is 0. The molecule has 2 saturated carbocycles. The number of nitrogens with one attached hydrogen (secondary N) is 1. The van der Waals surface area contributed by atoms with E-state index in [4.69, 9.17) is 0 Å². The largest absolute Gasteiger partial charge is 0.396 e. The average Bonchev–Trinajstić information content (AvgIpc) is 2.59. The topological polar surface area (TPSA) is 32.3 Å². The molecule has 0 amide bonds. The summed E-state index contributed by atoms with van der Waals surface area (Å²) in [6.07, 6.45) is 7.63. The van der Waals surface area contributed by atoms with E-state index in [9.17, 15) is 5.11 Å². The molecule has 0 aromatic carbocycles. The Balaban J connectivity index is 1.96. The molecule has 18 heavy (non-hydrogen) atoms. The third-order valence-corrected chi connectivity index (χ3v) is 4.90. The lowest BCUT2D eigenvalue weighted by molar-refractivity contribution is 0.0746. The van der Waals surface area contributed by atoms with Crippen LogP contribution in [0.3, 0.4) is 0 Å². The van der Waals surface area contributed by atoms with E-state index in [-0.39, 0.29) is 0 Å². The lowest BCUT2D eigenvalue weighted by Crippen LogP contribution is -2.48. The Bertz CT molecular complexity index is 269. The number of aliphatic hydroxyl groups is 1. The first-order chi connectivity index (χ1) is 8.31. The van der Waals surface area contributed by atoms with Crippen LogP contribution in [0.25, 0.3) is 0 Å². The van der Waals surface area contributed by atoms with E-state index in [1.165, 1.54) is 38.5 Å². The molecule has 2 heteroatoms. The first kappa shape index (κ1) is 14.3. The van der Waals surface area contributed by atoms with Gasteiger partial charge in [0.2, 0.25) is 0 Å². The fraction of sp³-hybridized carbons (Fsp3) is 1.00. The molecule has 0 heterocycles. The summed E-state index contributed by atoms with van der Waals surface area (Å²) in [5.74, 6) is 0.498. The summed E-state index contributed by atoms with van der Waals surface area (Å²) >= 11 is 0. The molecule has 2 atom stereocenters. The van der Waals surface area contributed by atoms with Crippen LogP contribution in [-0.4, -0.2) is 23.8 Å². The monoisotopic (exact) mass is 253 g/mol. The second-order valence-corrected chi connectivity index (χ2v) is 8.26. The van der Waals surface area contributed by atoms with Gasteiger partial charge >= 0.3 is 0 Å². The highest BCUT2D eigenvalue weighted by Crippen LogP contribution is 2.46. The Hall–Kier alpha value is -0.0800. The number of rotatable bonds is 3. The van der Waals surface area contributed by atoms with E-state index in [1.54, 1.807) is 0 Å². The summed E-state index contributed by atoms with van der Waals surface area (Å²) in [7, 11) is 0. The van der Waals surface area contributed by atoms with Crippen molar-refractivity contribution >= 4 is 0 Å². The molecule has 0 spiro atoms. The van der Waals surface area contributed by atoms with Crippen molar-refractivity contribution in [2.24, 2.45) is 16.7 Å². The quantitative estimate of drug-likeness (QED) is 0.808. The van der Waals surface area contributed by atoms with Crippen LogP contribution >= 0.6 is 0 Å². The Morgan fingerprint density at radius 2 is 1.67 bits per heavy atom. The Morgan fingerprint density at radius 1 is 1.06 bits per heavy atom. The van der Waals surface area contributed by atoms with E-state index in [0.717, 1.165) is 0 Å². The Labute approximate surface area is 113 Å². The van der Waals surface area contributed by atoms with Gasteiger partial charge in [0.1, 0.15) is 0 Å². The van der Waals surface area contributed by atoms with Gasteiger partial charge in [-0.15, -0.1) is 0 Å². The molecule has 0 saturated heterocycles. The van der Waals surface area contributed by atoms with Crippen LogP contribution in [-0.2, 0) is 0 Å². The molecule has 2 nitrogen and oxygen atoms in total. The minimum atomic E-state index is 0.358. The molecule has 2 fully saturated rings. The van der Waals surface area contributed by atoms with Crippen molar-refractivity contribution in [2.45, 2.75) is 78.3 Å². The second-order valence-electron chi connectivity index (χ2n) is 8.26. The van der Waals surface area contributed by atoms with E-state index in [2.05, 4.69) is 33.0 Å². The molecule has 0 aliphatic heterocycles. The molecule has 2 N–H and O–H groups in total. The summed E-state index contributed by atoms with van der Waals surface area (Å²) in [6.45, 7) is 9.97. The highest BCUT2D eigenvalue weighted by atomic mass is 16.3. The molecule has 2 aliphatic carbocycles. The Morgan fingerprint density at radius 3 is 2.22 bits per heavy atom. The Kier molecular flexibility index (Phi) is 4.08. The van der Waals surface area contributed by atoms with Crippen molar-refractivity contribution in [3.8, 4) is 0 Å². The maximum absolute atomic E-state index is 9.43. The predicted molar refractivity (Wildman–Crippen MR) is 76.6 cm³/mol. The molecule has 0 aromatic rings. The maximum atomic E-state index is 9.43. The van der Waals surface area contributed by atoms with Gasteiger partial charge in [-0.1, -0.05) is 34.1 Å². The molecule has 0 bridgehead atoms. The summed E-state index contributed by atoms with van der Waals surface area (Å²) in [4.78, 5) is 0. The maximum Gasteiger partial charge on any atom is 0.0474 e. The predicted octanol–water partition coefficient (Wildman–Crippen LogP) is 3.34. The van der Waals surface area contributed by atoms with Gasteiger partial charge in [-0.05, 0) is 48.9 Å². The molecule has 106 valence electrons. The summed E-state index contributed by atoms with van der Waals surface area (Å²) in [6, 6.07) is 1.20. The average molecular weight is 253 g/mol. The third-order valence-electron chi connectivity index (χ3n) is 4.90. The van der Waals surface area contributed by atoms with Crippen molar-refractivity contribution < 1.29 is 5.11 Å². The normalized spacial score (nSPS) is 35.8. The molecule has 2 rings (SSSR count). The van der Waals surface area contributed by atoms with Crippen LogP contribution in [0, 0.1) is 16.7 Å². The zero-order valence-electron chi connectivity index (χ0n) is 12.6. The van der Waals surface area contributed by atoms with Gasteiger partial charge < -0.3 is 10.4 Å².